The molecular weight excluding hydrogens is 1430 g/mol. The second-order valence-corrected chi connectivity index (χ2v) is 29.5. The molecule has 0 spiro atoms. The molecule has 0 radical (unpaired) electrons. The quantitative estimate of drug-likeness (QED) is 0.0219. The number of guanidine groups is 2. The Kier molecular flexibility index (Phi) is 46.6. The molecule has 0 saturated carbocycles. The Morgan fingerprint density at radius 3 is 1.42 bits per heavy atom. The number of hydrogen-bond acceptors (Lipinski definition) is 16. The number of rotatable bonds is 59. The second-order valence-electron chi connectivity index (χ2n) is 28.5. The van der Waals surface area contributed by atoms with Crippen molar-refractivity contribution >= 4 is 106 Å². The number of aromatic nitrogens is 1. The minimum absolute atomic E-state index is 0.000580. The number of fused-ring (bicyclic) bond motifs is 1. The molecule has 11 amide bonds. The fourth-order valence-corrected chi connectivity index (χ4v) is 12.9. The van der Waals surface area contributed by atoms with Crippen molar-refractivity contribution < 1.29 is 62.6 Å². The van der Waals surface area contributed by atoms with Crippen LogP contribution < -0.4 is 87.6 Å². The van der Waals surface area contributed by atoms with Crippen molar-refractivity contribution in [2.75, 3.05) is 38.2 Å². The fraction of sp³-hybridized carbons (Fsp3) is 0.636. The first-order valence-corrected chi connectivity index (χ1v) is 40.4. The standard InChI is InChI=1S/C77H127N19O13S/c1-7-9-10-11-12-13-14-15-16-17-18-19-23-37-63(97)87-48-64(98)88-62(46-65(99)100)74(108)91-57(36-29-41-85-77(82)83)70(104)93-59(43-49(3)4)72(106)90-56(35-28-40-84-76(80)81)68(102)89-55(34-26-27-39-78)69(103)95-61(45-52-47-86-54-33-25-24-32-53(52)54)73(107)92-58(38-42-110-6)71(105)94-60(44-51-30-21-20-22-31-51)75(109)96-66(67(79)101)50(5)8-2/h20-22,24-25,30-33,47,49-50,55-62,66,86H,7-19,23,26-29,34-46,48,78H2,1-6H3,(H2,79,101)(H,87,97)(H,88,98)(H,89,102)(H,90,106)(H,91,108)(H,92,107)(H,93,104)(H,94,105)(H,95,103)(H,96,109)(H,99,100)(H4,80,81,84)(H4,82,83,85)/t50-,55-,56-,57-,58-,59-,60-,61-,62-,66-/m0/s1. The third kappa shape index (κ3) is 38.7. The Bertz CT molecular complexity index is 3410. The molecule has 0 saturated heterocycles. The number of amides is 11. The van der Waals surface area contributed by atoms with E-state index in [4.69, 9.17) is 34.4 Å². The van der Waals surface area contributed by atoms with E-state index >= 15 is 9.59 Å². The first kappa shape index (κ1) is 94.7. The average molecular weight is 1560 g/mol. The minimum atomic E-state index is -1.74. The van der Waals surface area contributed by atoms with Crippen molar-refractivity contribution in [1.82, 2.24) is 58.2 Å². The highest BCUT2D eigenvalue weighted by Crippen LogP contribution is 2.21. The largest absolute Gasteiger partial charge is 0.481 e. The smallest absolute Gasteiger partial charge is 0.305 e. The highest BCUT2D eigenvalue weighted by molar-refractivity contribution is 7.98. The number of H-pyrrole nitrogens is 1. The maximum Gasteiger partial charge on any atom is 0.305 e. The normalized spacial score (nSPS) is 13.9. The summed E-state index contributed by atoms with van der Waals surface area (Å²) in [5, 5.41) is 37.5. The molecule has 0 aliphatic heterocycles. The van der Waals surface area contributed by atoms with E-state index in [9.17, 15) is 53.1 Å². The van der Waals surface area contributed by atoms with E-state index in [1.54, 1.807) is 63.4 Å². The number of para-hydroxylation sites is 1. The summed E-state index contributed by atoms with van der Waals surface area (Å²) in [7, 11) is 0. The summed E-state index contributed by atoms with van der Waals surface area (Å²) >= 11 is 1.39. The Hall–Kier alpha value is -9.53. The van der Waals surface area contributed by atoms with Gasteiger partial charge in [0.05, 0.1) is 13.0 Å². The zero-order valence-electron chi connectivity index (χ0n) is 65.4. The molecule has 1 heterocycles. The van der Waals surface area contributed by atoms with Gasteiger partial charge in [-0.1, -0.05) is 167 Å². The van der Waals surface area contributed by atoms with E-state index in [0.717, 1.165) is 36.6 Å². The maximum absolute atomic E-state index is 15.1. The molecular formula is C77H127N19O13S. The van der Waals surface area contributed by atoms with E-state index in [-0.39, 0.29) is 114 Å². The Morgan fingerprint density at radius 1 is 0.482 bits per heavy atom. The number of carbonyl (C=O) groups excluding carboxylic acids is 11. The topological polar surface area (TPSA) is 542 Å². The lowest BCUT2D eigenvalue weighted by molar-refractivity contribution is -0.141. The van der Waals surface area contributed by atoms with Crippen LogP contribution in [0, 0.1) is 11.8 Å². The molecule has 614 valence electrons. The van der Waals surface area contributed by atoms with Gasteiger partial charge >= 0.3 is 5.97 Å². The van der Waals surface area contributed by atoms with Crippen LogP contribution >= 0.6 is 11.8 Å². The number of carboxylic acid groups (broad SMARTS) is 1. The number of benzene rings is 2. The van der Waals surface area contributed by atoms with Crippen LogP contribution in [0.15, 0.2) is 70.8 Å². The molecule has 33 heteroatoms. The van der Waals surface area contributed by atoms with Gasteiger partial charge in [-0.3, -0.25) is 67.5 Å². The van der Waals surface area contributed by atoms with Crippen LogP contribution in [0.1, 0.15) is 206 Å². The number of thioether (sulfide) groups is 1. The lowest BCUT2D eigenvalue weighted by atomic mass is 9.97. The van der Waals surface area contributed by atoms with Gasteiger partial charge in [0, 0.05) is 49.5 Å². The van der Waals surface area contributed by atoms with Gasteiger partial charge in [0.2, 0.25) is 65.0 Å². The number of aliphatic carboxylic acids is 1. The number of primary amides is 1. The predicted octanol–water partition coefficient (Wildman–Crippen LogP) is 2.96. The van der Waals surface area contributed by atoms with Crippen molar-refractivity contribution in [2.45, 2.75) is 262 Å². The zero-order chi connectivity index (χ0) is 81.3. The summed E-state index contributed by atoms with van der Waals surface area (Å²) < 4.78 is 0. The van der Waals surface area contributed by atoms with Gasteiger partial charge in [-0.05, 0) is 112 Å². The van der Waals surface area contributed by atoms with Gasteiger partial charge in [-0.2, -0.15) is 11.8 Å². The molecule has 0 fully saturated rings. The molecule has 3 aromatic rings. The van der Waals surface area contributed by atoms with Gasteiger partial charge in [-0.25, -0.2) is 0 Å². The molecule has 32 nitrogen and oxygen atoms in total. The highest BCUT2D eigenvalue weighted by Gasteiger charge is 2.37. The van der Waals surface area contributed by atoms with Crippen molar-refractivity contribution in [3.8, 4) is 0 Å². The van der Waals surface area contributed by atoms with E-state index < -0.39 is 138 Å². The molecule has 0 unspecified atom stereocenters. The number of nitrogens with zero attached hydrogens (tertiary/aromatic N) is 2. The van der Waals surface area contributed by atoms with Crippen LogP contribution in [0.4, 0.5) is 0 Å². The summed E-state index contributed by atoms with van der Waals surface area (Å²) in [6.07, 6.45) is 18.3. The number of hydrogen-bond donors (Lipinski definition) is 18. The molecule has 24 N–H and O–H groups in total. The molecule has 0 aliphatic carbocycles. The van der Waals surface area contributed by atoms with E-state index in [0.29, 0.717) is 36.1 Å². The van der Waals surface area contributed by atoms with Gasteiger partial charge in [0.15, 0.2) is 11.9 Å². The number of carboxylic acids is 1. The lowest BCUT2D eigenvalue weighted by Gasteiger charge is -2.29. The van der Waals surface area contributed by atoms with Crippen molar-refractivity contribution in [3.63, 3.8) is 0 Å². The molecule has 3 rings (SSSR count). The Balaban J connectivity index is 1.95. The minimum Gasteiger partial charge on any atom is -0.481 e. The van der Waals surface area contributed by atoms with Crippen LogP contribution in [0.25, 0.3) is 10.9 Å². The Labute approximate surface area is 652 Å². The highest BCUT2D eigenvalue weighted by atomic mass is 32.2. The molecule has 0 aliphatic rings. The summed E-state index contributed by atoms with van der Waals surface area (Å²) in [5.41, 5.74) is 36.2. The van der Waals surface area contributed by atoms with E-state index in [1.807, 2.05) is 31.4 Å². The first-order chi connectivity index (χ1) is 52.6. The summed E-state index contributed by atoms with van der Waals surface area (Å²) in [6, 6.07) is 3.59. The third-order valence-electron chi connectivity index (χ3n) is 18.8. The van der Waals surface area contributed by atoms with Crippen molar-refractivity contribution in [1.29, 1.82) is 0 Å². The maximum atomic E-state index is 15.1. The van der Waals surface area contributed by atoms with Crippen molar-refractivity contribution in [2.24, 2.45) is 56.2 Å². The van der Waals surface area contributed by atoms with E-state index in [2.05, 4.69) is 75.1 Å². The fourth-order valence-electron chi connectivity index (χ4n) is 12.4. The van der Waals surface area contributed by atoms with Gasteiger partial charge in [0.1, 0.15) is 54.4 Å². The molecule has 2 aromatic carbocycles. The van der Waals surface area contributed by atoms with Crippen LogP contribution in [0.3, 0.4) is 0 Å². The molecule has 0 bridgehead atoms. The third-order valence-corrected chi connectivity index (χ3v) is 19.4. The number of aromatic amines is 1. The van der Waals surface area contributed by atoms with Gasteiger partial charge < -0.3 is 97.7 Å². The summed E-state index contributed by atoms with van der Waals surface area (Å²) in [4.78, 5) is 179. The second kappa shape index (κ2) is 54.1. The molecule has 10 atom stereocenters. The van der Waals surface area contributed by atoms with Gasteiger partial charge in [0.25, 0.3) is 0 Å². The van der Waals surface area contributed by atoms with Gasteiger partial charge in [-0.15, -0.1) is 0 Å². The lowest BCUT2D eigenvalue weighted by Crippen LogP contribution is -2.61. The molecule has 1 aromatic heterocycles. The SMILES string of the molecule is CCCCCCCCCCCCCCCC(=O)NCC(=O)N[C@@H](CC(=O)O)C(=O)N[C@@H](CCCN=C(N)N)C(=O)N[C@@H](CC(C)C)C(=O)N[C@@H](CCCN=C(N)N)C(=O)N[C@@H](CCCCN)C(=O)N[C@@H](Cc1c[nH]c2ccccc12)C(=O)N[C@@H](CCSC)C(=O)N[C@@H](Cc1ccccc1)C(=O)N[C@H](C(N)=O)[C@@H](C)CC. The number of nitrogens with two attached hydrogens (primary N) is 6. The molecule has 110 heavy (non-hydrogen) atoms. The van der Waals surface area contributed by atoms with Crippen molar-refractivity contribution in [3.05, 3.63) is 71.9 Å². The Morgan fingerprint density at radius 2 is 0.927 bits per heavy atom. The monoisotopic (exact) mass is 1560 g/mol. The summed E-state index contributed by atoms with van der Waals surface area (Å²) in [6.45, 7) is 8.94. The first-order valence-electron chi connectivity index (χ1n) is 39.0. The number of nitrogens with one attached hydrogen (secondary N) is 11. The number of aliphatic imine (C=N–C) groups is 2. The number of unbranched alkanes of at least 4 members (excludes halogenated alkanes) is 13. The summed E-state index contributed by atoms with van der Waals surface area (Å²) in [5.74, 6) is -11.1. The van der Waals surface area contributed by atoms with Crippen LogP contribution in [0.2, 0.25) is 0 Å². The van der Waals surface area contributed by atoms with E-state index in [1.165, 1.54) is 63.1 Å². The average Bonchev–Trinajstić information content (AvgIpc) is 1.63. The zero-order valence-corrected chi connectivity index (χ0v) is 66.2. The van der Waals surface area contributed by atoms with Crippen LogP contribution in [-0.4, -0.2) is 186 Å². The predicted molar refractivity (Wildman–Crippen MR) is 429 cm³/mol. The number of carbonyl (C=O) groups is 12. The van der Waals surface area contributed by atoms with Crippen LogP contribution in [0.5, 0.6) is 0 Å². The van der Waals surface area contributed by atoms with Crippen LogP contribution in [-0.2, 0) is 70.4 Å².